The molecule has 0 atom stereocenters. The number of unbranched alkanes of at least 4 members (excludes halogenated alkanes) is 4. The molecule has 22 heavy (non-hydrogen) atoms. The standard InChI is InChI=1S/C18H26O3S/c1-3-4-5-6-7-8-18(20)16-9-11-17(12-10-16)22-14-13-21-15(2)19/h9-12H,3-8,13-14H2,1-2H3. The molecule has 0 aliphatic carbocycles. The first-order valence-corrected chi connectivity index (χ1v) is 9.01. The third-order valence-electron chi connectivity index (χ3n) is 3.34. The molecule has 0 fully saturated rings. The average molecular weight is 322 g/mol. The fraction of sp³-hybridized carbons (Fsp3) is 0.556. The lowest BCUT2D eigenvalue weighted by molar-refractivity contribution is -0.140. The van der Waals surface area contributed by atoms with Gasteiger partial charge in [0, 0.05) is 29.6 Å². The van der Waals surface area contributed by atoms with Crippen LogP contribution in [0.5, 0.6) is 0 Å². The van der Waals surface area contributed by atoms with Gasteiger partial charge in [0.05, 0.1) is 0 Å². The van der Waals surface area contributed by atoms with Gasteiger partial charge in [0.1, 0.15) is 6.61 Å². The van der Waals surface area contributed by atoms with Gasteiger partial charge in [-0.25, -0.2) is 0 Å². The van der Waals surface area contributed by atoms with E-state index in [0.29, 0.717) is 13.0 Å². The quantitative estimate of drug-likeness (QED) is 0.252. The summed E-state index contributed by atoms with van der Waals surface area (Å²) in [5.41, 5.74) is 0.792. The molecule has 0 unspecified atom stereocenters. The topological polar surface area (TPSA) is 43.4 Å². The first-order valence-electron chi connectivity index (χ1n) is 8.03. The van der Waals surface area contributed by atoms with E-state index in [-0.39, 0.29) is 11.8 Å². The number of hydrogen-bond acceptors (Lipinski definition) is 4. The Bertz CT molecular complexity index is 454. The van der Waals surface area contributed by atoms with Crippen molar-refractivity contribution in [2.24, 2.45) is 0 Å². The molecule has 4 heteroatoms. The maximum atomic E-state index is 12.1. The molecule has 0 N–H and O–H groups in total. The van der Waals surface area contributed by atoms with Crippen LogP contribution >= 0.6 is 11.8 Å². The van der Waals surface area contributed by atoms with Crippen LogP contribution in [0, 0.1) is 0 Å². The average Bonchev–Trinajstić information content (AvgIpc) is 2.51. The zero-order valence-electron chi connectivity index (χ0n) is 13.6. The largest absolute Gasteiger partial charge is 0.465 e. The van der Waals surface area contributed by atoms with E-state index in [1.807, 2.05) is 24.3 Å². The molecule has 0 amide bonds. The number of carbonyl (C=O) groups excluding carboxylic acids is 2. The molecule has 0 aliphatic heterocycles. The van der Waals surface area contributed by atoms with Crippen molar-refractivity contribution in [1.82, 2.24) is 0 Å². The fourth-order valence-electron chi connectivity index (χ4n) is 2.12. The second kappa shape index (κ2) is 11.3. The smallest absolute Gasteiger partial charge is 0.302 e. The Morgan fingerprint density at radius 2 is 1.73 bits per heavy atom. The van der Waals surface area contributed by atoms with Gasteiger partial charge in [-0.3, -0.25) is 9.59 Å². The van der Waals surface area contributed by atoms with E-state index in [1.54, 1.807) is 11.8 Å². The predicted octanol–water partition coefficient (Wildman–Crippen LogP) is 4.89. The third kappa shape index (κ3) is 8.23. The molecule has 0 saturated heterocycles. The highest BCUT2D eigenvalue weighted by Gasteiger charge is 2.05. The molecule has 122 valence electrons. The van der Waals surface area contributed by atoms with E-state index in [0.717, 1.165) is 29.1 Å². The molecule has 0 heterocycles. The predicted molar refractivity (Wildman–Crippen MR) is 91.5 cm³/mol. The van der Waals surface area contributed by atoms with Crippen LogP contribution in [0.3, 0.4) is 0 Å². The van der Waals surface area contributed by atoms with Gasteiger partial charge in [0.25, 0.3) is 0 Å². The molecule has 0 saturated carbocycles. The van der Waals surface area contributed by atoms with Gasteiger partial charge in [-0.05, 0) is 18.6 Å². The Balaban J connectivity index is 2.28. The van der Waals surface area contributed by atoms with Gasteiger partial charge < -0.3 is 4.74 Å². The maximum Gasteiger partial charge on any atom is 0.302 e. The number of ether oxygens (including phenoxy) is 1. The highest BCUT2D eigenvalue weighted by atomic mass is 32.2. The van der Waals surface area contributed by atoms with Crippen LogP contribution in [0.15, 0.2) is 29.2 Å². The summed E-state index contributed by atoms with van der Waals surface area (Å²) in [6.07, 6.45) is 6.48. The van der Waals surface area contributed by atoms with E-state index in [2.05, 4.69) is 6.92 Å². The van der Waals surface area contributed by atoms with Crippen LogP contribution in [0.2, 0.25) is 0 Å². The van der Waals surface area contributed by atoms with E-state index in [4.69, 9.17) is 4.74 Å². The molecule has 1 aromatic carbocycles. The minimum absolute atomic E-state index is 0.230. The van der Waals surface area contributed by atoms with Gasteiger partial charge in [-0.1, -0.05) is 44.7 Å². The van der Waals surface area contributed by atoms with Gasteiger partial charge in [-0.2, -0.15) is 0 Å². The van der Waals surface area contributed by atoms with E-state index < -0.39 is 0 Å². The SMILES string of the molecule is CCCCCCCC(=O)c1ccc(SCCOC(C)=O)cc1. The van der Waals surface area contributed by atoms with Crippen molar-refractivity contribution in [3.05, 3.63) is 29.8 Å². The highest BCUT2D eigenvalue weighted by Crippen LogP contribution is 2.19. The van der Waals surface area contributed by atoms with Gasteiger partial charge in [0.2, 0.25) is 0 Å². The van der Waals surface area contributed by atoms with Crippen molar-refractivity contribution in [1.29, 1.82) is 0 Å². The Labute approximate surface area is 137 Å². The Morgan fingerprint density at radius 1 is 1.05 bits per heavy atom. The van der Waals surface area contributed by atoms with Crippen molar-refractivity contribution in [2.75, 3.05) is 12.4 Å². The molecule has 0 spiro atoms. The van der Waals surface area contributed by atoms with Crippen LogP contribution in [0.1, 0.15) is 62.7 Å². The molecule has 0 radical (unpaired) electrons. The molecule has 1 aromatic rings. The van der Waals surface area contributed by atoms with Gasteiger partial charge in [-0.15, -0.1) is 11.8 Å². The zero-order chi connectivity index (χ0) is 16.2. The zero-order valence-corrected chi connectivity index (χ0v) is 14.4. The number of ketones is 1. The first kappa shape index (κ1) is 18.8. The second-order valence-corrected chi connectivity index (χ2v) is 6.47. The van der Waals surface area contributed by atoms with Crippen LogP contribution < -0.4 is 0 Å². The van der Waals surface area contributed by atoms with Crippen molar-refractivity contribution in [3.8, 4) is 0 Å². The maximum absolute atomic E-state index is 12.1. The summed E-state index contributed by atoms with van der Waals surface area (Å²) in [5.74, 6) is 0.707. The minimum Gasteiger partial charge on any atom is -0.465 e. The number of Topliss-reactive ketones (excluding diaryl/α,β-unsaturated/α-hetero) is 1. The normalized spacial score (nSPS) is 10.5. The molecule has 1 rings (SSSR count). The molecule has 0 bridgehead atoms. The highest BCUT2D eigenvalue weighted by molar-refractivity contribution is 7.99. The molecule has 0 aromatic heterocycles. The van der Waals surface area contributed by atoms with Crippen molar-refractivity contribution in [3.63, 3.8) is 0 Å². The third-order valence-corrected chi connectivity index (χ3v) is 4.32. The molecular formula is C18H26O3S. The summed E-state index contributed by atoms with van der Waals surface area (Å²) in [4.78, 5) is 23.8. The lowest BCUT2D eigenvalue weighted by Gasteiger charge is -2.05. The van der Waals surface area contributed by atoms with Crippen molar-refractivity contribution < 1.29 is 14.3 Å². The van der Waals surface area contributed by atoms with Crippen LogP contribution in [-0.2, 0) is 9.53 Å². The van der Waals surface area contributed by atoms with E-state index >= 15 is 0 Å². The molecule has 3 nitrogen and oxygen atoms in total. The Kier molecular flexibility index (Phi) is 9.64. The number of thioether (sulfide) groups is 1. The molecular weight excluding hydrogens is 296 g/mol. The number of esters is 1. The monoisotopic (exact) mass is 322 g/mol. The lowest BCUT2D eigenvalue weighted by Crippen LogP contribution is -2.02. The van der Waals surface area contributed by atoms with Crippen molar-refractivity contribution >= 4 is 23.5 Å². The number of carbonyl (C=O) groups is 2. The Hall–Kier alpha value is -1.29. The second-order valence-electron chi connectivity index (χ2n) is 5.30. The van der Waals surface area contributed by atoms with Crippen LogP contribution in [0.25, 0.3) is 0 Å². The van der Waals surface area contributed by atoms with Crippen LogP contribution in [-0.4, -0.2) is 24.1 Å². The summed E-state index contributed by atoms with van der Waals surface area (Å²) < 4.78 is 4.88. The Morgan fingerprint density at radius 3 is 2.36 bits per heavy atom. The van der Waals surface area contributed by atoms with Gasteiger partial charge in [0.15, 0.2) is 5.78 Å². The first-order chi connectivity index (χ1) is 10.6. The van der Waals surface area contributed by atoms with Crippen molar-refractivity contribution in [2.45, 2.75) is 57.3 Å². The summed E-state index contributed by atoms with van der Waals surface area (Å²) in [5, 5.41) is 0. The number of rotatable bonds is 11. The van der Waals surface area contributed by atoms with E-state index in [1.165, 1.54) is 26.2 Å². The molecule has 0 aliphatic rings. The van der Waals surface area contributed by atoms with E-state index in [9.17, 15) is 9.59 Å². The van der Waals surface area contributed by atoms with Crippen LogP contribution in [0.4, 0.5) is 0 Å². The lowest BCUT2D eigenvalue weighted by atomic mass is 10.0. The summed E-state index contributed by atoms with van der Waals surface area (Å²) in [6, 6.07) is 7.70. The fourth-order valence-corrected chi connectivity index (χ4v) is 2.85. The summed E-state index contributed by atoms with van der Waals surface area (Å²) in [7, 11) is 0. The number of hydrogen-bond donors (Lipinski definition) is 0. The summed E-state index contributed by atoms with van der Waals surface area (Å²) >= 11 is 1.62. The number of benzene rings is 1. The van der Waals surface area contributed by atoms with Gasteiger partial charge >= 0.3 is 5.97 Å². The summed E-state index contributed by atoms with van der Waals surface area (Å²) in [6.45, 7) is 4.02. The minimum atomic E-state index is -0.250.